The summed E-state index contributed by atoms with van der Waals surface area (Å²) in [7, 11) is 1.91. The molecule has 19 heavy (non-hydrogen) atoms. The molecule has 0 aromatic heterocycles. The van der Waals surface area contributed by atoms with E-state index < -0.39 is 5.41 Å². The van der Waals surface area contributed by atoms with Gasteiger partial charge in [0.2, 0.25) is 0 Å². The molecule has 0 amide bonds. The van der Waals surface area contributed by atoms with Crippen LogP contribution in [0, 0.1) is 16.7 Å². The van der Waals surface area contributed by atoms with E-state index in [1.165, 1.54) is 16.3 Å². The molecule has 3 nitrogen and oxygen atoms in total. The van der Waals surface area contributed by atoms with Gasteiger partial charge in [-0.15, -0.1) is 0 Å². The van der Waals surface area contributed by atoms with Gasteiger partial charge in [-0.3, -0.25) is 0 Å². The number of rotatable bonds is 3. The second-order valence-electron chi connectivity index (χ2n) is 5.05. The van der Waals surface area contributed by atoms with Crippen molar-refractivity contribution in [2.45, 2.75) is 6.04 Å². The number of hydrogen-bond donors (Lipinski definition) is 1. The number of nitriles is 1. The first-order valence-electron chi connectivity index (χ1n) is 6.45. The molecule has 1 aliphatic rings. The van der Waals surface area contributed by atoms with E-state index in [-0.39, 0.29) is 6.04 Å². The predicted octanol–water partition coefficient (Wildman–Crippen LogP) is 2.64. The van der Waals surface area contributed by atoms with Gasteiger partial charge in [0.25, 0.3) is 0 Å². The van der Waals surface area contributed by atoms with E-state index in [2.05, 4.69) is 35.7 Å². The average Bonchev–Trinajstić information content (AvgIpc) is 2.42. The van der Waals surface area contributed by atoms with Crippen LogP contribution < -0.4 is 5.32 Å². The fourth-order valence-corrected chi connectivity index (χ4v) is 2.85. The van der Waals surface area contributed by atoms with Gasteiger partial charge in [-0.2, -0.15) is 5.26 Å². The largest absolute Gasteiger partial charge is 0.378 e. The van der Waals surface area contributed by atoms with Gasteiger partial charge in [0.05, 0.1) is 25.3 Å². The Bertz CT molecular complexity index is 635. The number of nitrogens with one attached hydrogen (secondary N) is 1. The first-order chi connectivity index (χ1) is 9.30. The molecule has 2 aromatic carbocycles. The number of benzene rings is 2. The molecular formula is C16H16N2O. The summed E-state index contributed by atoms with van der Waals surface area (Å²) >= 11 is 0. The molecule has 3 heteroatoms. The van der Waals surface area contributed by atoms with Crippen molar-refractivity contribution in [2.75, 3.05) is 20.3 Å². The Balaban J connectivity index is 2.15. The Kier molecular flexibility index (Phi) is 2.98. The first kappa shape index (κ1) is 12.2. The highest BCUT2D eigenvalue weighted by Gasteiger charge is 2.46. The molecule has 1 heterocycles. The van der Waals surface area contributed by atoms with Gasteiger partial charge in [-0.05, 0) is 23.4 Å². The molecule has 0 saturated carbocycles. The van der Waals surface area contributed by atoms with Crippen molar-refractivity contribution in [3.8, 4) is 6.07 Å². The minimum atomic E-state index is -0.446. The monoisotopic (exact) mass is 252 g/mol. The van der Waals surface area contributed by atoms with Crippen molar-refractivity contribution in [3.63, 3.8) is 0 Å². The first-order valence-corrected chi connectivity index (χ1v) is 6.45. The molecule has 0 bridgehead atoms. The van der Waals surface area contributed by atoms with Gasteiger partial charge in [-0.1, -0.05) is 42.5 Å². The van der Waals surface area contributed by atoms with Crippen molar-refractivity contribution in [1.82, 2.24) is 5.32 Å². The molecular weight excluding hydrogens is 236 g/mol. The van der Waals surface area contributed by atoms with Crippen molar-refractivity contribution < 1.29 is 4.74 Å². The van der Waals surface area contributed by atoms with Crippen LogP contribution in [0.15, 0.2) is 42.5 Å². The van der Waals surface area contributed by atoms with E-state index in [1.54, 1.807) is 0 Å². The number of nitrogens with zero attached hydrogens (tertiary/aromatic N) is 1. The zero-order valence-electron chi connectivity index (χ0n) is 10.9. The minimum absolute atomic E-state index is 0.00245. The van der Waals surface area contributed by atoms with E-state index in [1.807, 2.05) is 25.2 Å². The summed E-state index contributed by atoms with van der Waals surface area (Å²) in [5.74, 6) is 0. The quantitative estimate of drug-likeness (QED) is 0.913. The zero-order valence-corrected chi connectivity index (χ0v) is 10.9. The topological polar surface area (TPSA) is 45.0 Å². The molecule has 1 unspecified atom stereocenters. The Hall–Kier alpha value is -1.89. The third-order valence-corrected chi connectivity index (χ3v) is 3.92. The van der Waals surface area contributed by atoms with Crippen LogP contribution in [0.25, 0.3) is 10.8 Å². The SMILES string of the molecule is CNC(c1cccc2ccccc12)C1(C#N)COC1. The van der Waals surface area contributed by atoms with Gasteiger partial charge < -0.3 is 10.1 Å². The smallest absolute Gasteiger partial charge is 0.123 e. The van der Waals surface area contributed by atoms with Gasteiger partial charge in [-0.25, -0.2) is 0 Å². The third-order valence-electron chi connectivity index (χ3n) is 3.92. The van der Waals surface area contributed by atoms with E-state index in [9.17, 15) is 5.26 Å². The Labute approximate surface area is 112 Å². The summed E-state index contributed by atoms with van der Waals surface area (Å²) in [6.45, 7) is 0.996. The van der Waals surface area contributed by atoms with Crippen LogP contribution in [0.4, 0.5) is 0 Å². The fourth-order valence-electron chi connectivity index (χ4n) is 2.85. The molecule has 2 aromatic rings. The summed E-state index contributed by atoms with van der Waals surface area (Å²) in [6, 6.07) is 17.0. The van der Waals surface area contributed by atoms with Crippen LogP contribution in [-0.4, -0.2) is 20.3 Å². The van der Waals surface area contributed by atoms with Crippen LogP contribution in [0.5, 0.6) is 0 Å². The Morgan fingerprint density at radius 2 is 1.95 bits per heavy atom. The summed E-state index contributed by atoms with van der Waals surface area (Å²) < 4.78 is 5.28. The summed E-state index contributed by atoms with van der Waals surface area (Å²) in [6.07, 6.45) is 0. The van der Waals surface area contributed by atoms with Crippen LogP contribution in [0.3, 0.4) is 0 Å². The fraction of sp³-hybridized carbons (Fsp3) is 0.312. The lowest BCUT2D eigenvalue weighted by atomic mass is 9.75. The van der Waals surface area contributed by atoms with E-state index in [0.29, 0.717) is 13.2 Å². The molecule has 1 atom stereocenters. The second kappa shape index (κ2) is 4.65. The number of ether oxygens (including phenoxy) is 1. The summed E-state index contributed by atoms with van der Waals surface area (Å²) in [4.78, 5) is 0. The van der Waals surface area contributed by atoms with Crippen LogP contribution >= 0.6 is 0 Å². The molecule has 1 N–H and O–H groups in total. The van der Waals surface area contributed by atoms with E-state index in [4.69, 9.17) is 4.74 Å². The maximum atomic E-state index is 9.50. The number of fused-ring (bicyclic) bond motifs is 1. The maximum Gasteiger partial charge on any atom is 0.123 e. The highest BCUT2D eigenvalue weighted by Crippen LogP contribution is 2.41. The number of hydrogen-bond acceptors (Lipinski definition) is 3. The molecule has 1 saturated heterocycles. The highest BCUT2D eigenvalue weighted by molar-refractivity contribution is 5.86. The van der Waals surface area contributed by atoms with E-state index in [0.717, 1.165) is 0 Å². The van der Waals surface area contributed by atoms with Crippen molar-refractivity contribution in [1.29, 1.82) is 5.26 Å². The Morgan fingerprint density at radius 3 is 2.58 bits per heavy atom. The lowest BCUT2D eigenvalue weighted by Gasteiger charge is -2.42. The van der Waals surface area contributed by atoms with Gasteiger partial charge in [0.15, 0.2) is 0 Å². The molecule has 1 aliphatic heterocycles. The van der Waals surface area contributed by atoms with Crippen molar-refractivity contribution >= 4 is 10.8 Å². The molecule has 3 rings (SSSR count). The zero-order chi connectivity index (χ0) is 13.3. The second-order valence-corrected chi connectivity index (χ2v) is 5.05. The molecule has 0 radical (unpaired) electrons. The highest BCUT2D eigenvalue weighted by atomic mass is 16.5. The standard InChI is InChI=1S/C16H16N2O/c1-18-15(16(9-17)10-19-11-16)14-8-4-6-12-5-2-3-7-13(12)14/h2-8,15,18H,10-11H2,1H3. The van der Waals surface area contributed by atoms with E-state index >= 15 is 0 Å². The molecule has 1 fully saturated rings. The Morgan fingerprint density at radius 1 is 1.21 bits per heavy atom. The van der Waals surface area contributed by atoms with Crippen LogP contribution in [0.2, 0.25) is 0 Å². The summed E-state index contributed by atoms with van der Waals surface area (Å²) in [5, 5.41) is 15.2. The molecule has 96 valence electrons. The van der Waals surface area contributed by atoms with Crippen LogP contribution in [0.1, 0.15) is 11.6 Å². The van der Waals surface area contributed by atoms with Crippen molar-refractivity contribution in [2.24, 2.45) is 5.41 Å². The lowest BCUT2D eigenvalue weighted by molar-refractivity contribution is -0.0961. The lowest BCUT2D eigenvalue weighted by Crippen LogP contribution is -2.50. The van der Waals surface area contributed by atoms with Gasteiger partial charge in [0, 0.05) is 0 Å². The molecule has 0 aliphatic carbocycles. The maximum absolute atomic E-state index is 9.50. The average molecular weight is 252 g/mol. The van der Waals surface area contributed by atoms with Gasteiger partial charge >= 0.3 is 0 Å². The summed E-state index contributed by atoms with van der Waals surface area (Å²) in [5.41, 5.74) is 0.726. The van der Waals surface area contributed by atoms with Crippen molar-refractivity contribution in [3.05, 3.63) is 48.0 Å². The van der Waals surface area contributed by atoms with Gasteiger partial charge in [0.1, 0.15) is 5.41 Å². The molecule has 0 spiro atoms. The third kappa shape index (κ3) is 1.81. The minimum Gasteiger partial charge on any atom is -0.378 e. The van der Waals surface area contributed by atoms with Crippen LogP contribution in [-0.2, 0) is 4.74 Å². The predicted molar refractivity (Wildman–Crippen MR) is 74.6 cm³/mol. The normalized spacial score (nSPS) is 18.5.